The van der Waals surface area contributed by atoms with Gasteiger partial charge in [-0.2, -0.15) is 0 Å². The van der Waals surface area contributed by atoms with Gasteiger partial charge in [-0.05, 0) is 30.2 Å². The van der Waals surface area contributed by atoms with Crippen LogP contribution < -0.4 is 0 Å². The number of aliphatic hydroxyl groups is 1. The van der Waals surface area contributed by atoms with Crippen LogP contribution in [0.1, 0.15) is 22.1 Å². The predicted molar refractivity (Wildman–Crippen MR) is 69.2 cm³/mol. The summed E-state index contributed by atoms with van der Waals surface area (Å²) in [4.78, 5) is 0.924. The van der Waals surface area contributed by atoms with Crippen molar-refractivity contribution in [1.29, 1.82) is 0 Å². The number of rotatable bonds is 3. The minimum absolute atomic E-state index is 0.460. The van der Waals surface area contributed by atoms with Gasteiger partial charge in [0.25, 0.3) is 0 Å². The van der Waals surface area contributed by atoms with E-state index in [1.54, 1.807) is 0 Å². The van der Waals surface area contributed by atoms with Crippen molar-refractivity contribution in [3.05, 3.63) is 56.7 Å². The zero-order valence-electron chi connectivity index (χ0n) is 8.98. The highest BCUT2D eigenvalue weighted by molar-refractivity contribution is 7.16. The third kappa shape index (κ3) is 2.64. The third-order valence-electron chi connectivity index (χ3n) is 2.60. The molecule has 16 heavy (non-hydrogen) atoms. The first-order valence-electron chi connectivity index (χ1n) is 5.14. The molecule has 0 radical (unpaired) electrons. The quantitative estimate of drug-likeness (QED) is 0.876. The van der Waals surface area contributed by atoms with Crippen LogP contribution in [0, 0.1) is 6.92 Å². The second-order valence-electron chi connectivity index (χ2n) is 3.79. The summed E-state index contributed by atoms with van der Waals surface area (Å²) in [6, 6.07) is 11.8. The Bertz CT molecular complexity index is 478. The van der Waals surface area contributed by atoms with Gasteiger partial charge in [0.1, 0.15) is 0 Å². The van der Waals surface area contributed by atoms with Crippen LogP contribution in [-0.4, -0.2) is 5.11 Å². The van der Waals surface area contributed by atoms with Gasteiger partial charge >= 0.3 is 0 Å². The molecular weight excluding hydrogens is 240 g/mol. The highest BCUT2D eigenvalue weighted by atomic mass is 35.5. The molecule has 2 rings (SSSR count). The van der Waals surface area contributed by atoms with E-state index in [2.05, 4.69) is 13.0 Å². The molecule has 1 heterocycles. The van der Waals surface area contributed by atoms with Crippen molar-refractivity contribution in [3.8, 4) is 0 Å². The predicted octanol–water partition coefficient (Wildman–Crippen LogP) is 3.99. The first kappa shape index (κ1) is 11.6. The molecule has 1 aromatic heterocycles. The zero-order chi connectivity index (χ0) is 11.5. The number of halogens is 1. The maximum Gasteiger partial charge on any atom is 0.0932 e. The van der Waals surface area contributed by atoms with Crippen LogP contribution in [0.25, 0.3) is 0 Å². The fraction of sp³-hybridized carbons (Fsp3) is 0.231. The Morgan fingerprint density at radius 1 is 1.25 bits per heavy atom. The van der Waals surface area contributed by atoms with Gasteiger partial charge in [-0.25, -0.2) is 0 Å². The summed E-state index contributed by atoms with van der Waals surface area (Å²) >= 11 is 7.28. The largest absolute Gasteiger partial charge is 0.387 e. The van der Waals surface area contributed by atoms with E-state index in [1.807, 2.05) is 30.3 Å². The van der Waals surface area contributed by atoms with E-state index in [4.69, 9.17) is 11.6 Å². The van der Waals surface area contributed by atoms with E-state index in [0.29, 0.717) is 6.42 Å². The summed E-state index contributed by atoms with van der Waals surface area (Å²) in [7, 11) is 0. The van der Waals surface area contributed by atoms with Gasteiger partial charge in [-0.1, -0.05) is 35.9 Å². The van der Waals surface area contributed by atoms with Gasteiger partial charge in [0.05, 0.1) is 10.4 Å². The normalized spacial score (nSPS) is 12.7. The molecular formula is C13H13ClOS. The van der Waals surface area contributed by atoms with Crippen LogP contribution in [0.5, 0.6) is 0 Å². The fourth-order valence-electron chi connectivity index (χ4n) is 1.66. The number of aryl methyl sites for hydroxylation is 1. The van der Waals surface area contributed by atoms with Crippen LogP contribution >= 0.6 is 22.9 Å². The van der Waals surface area contributed by atoms with E-state index in [1.165, 1.54) is 22.5 Å². The number of benzene rings is 1. The summed E-state index contributed by atoms with van der Waals surface area (Å²) in [6.45, 7) is 2.06. The van der Waals surface area contributed by atoms with E-state index in [9.17, 15) is 5.11 Å². The minimum atomic E-state index is -0.460. The van der Waals surface area contributed by atoms with Crippen LogP contribution in [0.3, 0.4) is 0 Å². The fourth-order valence-corrected chi connectivity index (χ4v) is 2.70. The standard InChI is InChI=1S/C13H13ClOS/c1-9-4-2-3-5-10(9)8-11(15)12-6-7-13(14)16-12/h2-7,11,15H,8H2,1H3. The number of thiophene rings is 1. The van der Waals surface area contributed by atoms with Gasteiger partial charge in [0.2, 0.25) is 0 Å². The summed E-state index contributed by atoms with van der Waals surface area (Å²) < 4.78 is 0.721. The Balaban J connectivity index is 2.13. The molecule has 1 atom stereocenters. The second-order valence-corrected chi connectivity index (χ2v) is 5.53. The van der Waals surface area contributed by atoms with Gasteiger partial charge in [0.15, 0.2) is 0 Å². The lowest BCUT2D eigenvalue weighted by Crippen LogP contribution is -2.00. The monoisotopic (exact) mass is 252 g/mol. The highest BCUT2D eigenvalue weighted by Crippen LogP contribution is 2.29. The first-order valence-corrected chi connectivity index (χ1v) is 6.34. The number of hydrogen-bond donors (Lipinski definition) is 1. The van der Waals surface area contributed by atoms with Crippen molar-refractivity contribution >= 4 is 22.9 Å². The Labute approximate surface area is 104 Å². The summed E-state index contributed by atoms with van der Waals surface area (Å²) in [5, 5.41) is 10.1. The lowest BCUT2D eigenvalue weighted by atomic mass is 10.0. The molecule has 0 bridgehead atoms. The lowest BCUT2D eigenvalue weighted by molar-refractivity contribution is 0.182. The molecule has 0 fully saturated rings. The molecule has 0 aliphatic heterocycles. The van der Waals surface area contributed by atoms with Crippen molar-refractivity contribution in [2.75, 3.05) is 0 Å². The molecule has 0 aliphatic carbocycles. The van der Waals surface area contributed by atoms with E-state index >= 15 is 0 Å². The second kappa shape index (κ2) is 5.00. The third-order valence-corrected chi connectivity index (χ3v) is 3.93. The van der Waals surface area contributed by atoms with Crippen molar-refractivity contribution in [2.24, 2.45) is 0 Å². The average molecular weight is 253 g/mol. The van der Waals surface area contributed by atoms with Crippen LogP contribution in [-0.2, 0) is 6.42 Å². The number of aliphatic hydroxyl groups excluding tert-OH is 1. The molecule has 0 saturated carbocycles. The minimum Gasteiger partial charge on any atom is -0.387 e. The van der Waals surface area contributed by atoms with Crippen molar-refractivity contribution in [3.63, 3.8) is 0 Å². The Kier molecular flexibility index (Phi) is 3.64. The summed E-state index contributed by atoms with van der Waals surface area (Å²) in [5.74, 6) is 0. The zero-order valence-corrected chi connectivity index (χ0v) is 10.6. The summed E-state index contributed by atoms with van der Waals surface area (Å²) in [5.41, 5.74) is 2.39. The van der Waals surface area contributed by atoms with Gasteiger partial charge in [-0.15, -0.1) is 11.3 Å². The Morgan fingerprint density at radius 3 is 2.62 bits per heavy atom. The SMILES string of the molecule is Cc1ccccc1CC(O)c1ccc(Cl)s1. The number of hydrogen-bond acceptors (Lipinski definition) is 2. The highest BCUT2D eigenvalue weighted by Gasteiger charge is 2.11. The van der Waals surface area contributed by atoms with Crippen LogP contribution in [0.4, 0.5) is 0 Å². The molecule has 2 aromatic rings. The topological polar surface area (TPSA) is 20.2 Å². The molecule has 0 spiro atoms. The van der Waals surface area contributed by atoms with Gasteiger partial charge < -0.3 is 5.11 Å². The molecule has 1 unspecified atom stereocenters. The first-order chi connectivity index (χ1) is 7.66. The molecule has 3 heteroatoms. The van der Waals surface area contributed by atoms with Crippen molar-refractivity contribution in [2.45, 2.75) is 19.4 Å². The molecule has 0 aliphatic rings. The molecule has 1 N–H and O–H groups in total. The summed E-state index contributed by atoms with van der Waals surface area (Å²) in [6.07, 6.45) is 0.183. The van der Waals surface area contributed by atoms with E-state index in [0.717, 1.165) is 9.21 Å². The van der Waals surface area contributed by atoms with Crippen LogP contribution in [0.15, 0.2) is 36.4 Å². The maximum absolute atomic E-state index is 10.1. The molecule has 84 valence electrons. The molecule has 0 amide bonds. The smallest absolute Gasteiger partial charge is 0.0932 e. The average Bonchev–Trinajstić information content (AvgIpc) is 2.68. The maximum atomic E-state index is 10.1. The Morgan fingerprint density at radius 2 is 2.00 bits per heavy atom. The lowest BCUT2D eigenvalue weighted by Gasteiger charge is -2.10. The van der Waals surface area contributed by atoms with Crippen molar-refractivity contribution in [1.82, 2.24) is 0 Å². The molecule has 1 aromatic carbocycles. The van der Waals surface area contributed by atoms with E-state index < -0.39 is 6.10 Å². The van der Waals surface area contributed by atoms with Gasteiger partial charge in [-0.3, -0.25) is 0 Å². The van der Waals surface area contributed by atoms with E-state index in [-0.39, 0.29) is 0 Å². The molecule has 0 saturated heterocycles. The van der Waals surface area contributed by atoms with Crippen molar-refractivity contribution < 1.29 is 5.11 Å². The van der Waals surface area contributed by atoms with Gasteiger partial charge in [0, 0.05) is 11.3 Å². The molecule has 1 nitrogen and oxygen atoms in total. The van der Waals surface area contributed by atoms with Crippen LogP contribution in [0.2, 0.25) is 4.34 Å². The Hall–Kier alpha value is -0.830.